The molecule has 9 heteroatoms. The molecule has 9 nitrogen and oxygen atoms in total. The largest absolute Gasteiger partial charge is 0.309 e. The summed E-state index contributed by atoms with van der Waals surface area (Å²) in [5.74, 6) is 2.04. The number of hydrogen-bond acceptors (Lipinski definition) is 7. The number of fused-ring (bicyclic) bond motifs is 1. The molecule has 0 atom stereocenters. The van der Waals surface area contributed by atoms with Crippen LogP contribution in [0.2, 0.25) is 0 Å². The molecule has 4 aromatic heterocycles. The molecule has 1 N–H and O–H groups in total. The van der Waals surface area contributed by atoms with Crippen molar-refractivity contribution in [1.29, 1.82) is 5.26 Å². The first-order valence-electron chi connectivity index (χ1n) is 8.78. The smallest absolute Gasteiger partial charge is 0.228 e. The van der Waals surface area contributed by atoms with Gasteiger partial charge in [0.25, 0.3) is 0 Å². The third kappa shape index (κ3) is 3.40. The summed E-state index contributed by atoms with van der Waals surface area (Å²) in [5.41, 5.74) is 1.88. The van der Waals surface area contributed by atoms with E-state index >= 15 is 0 Å². The minimum Gasteiger partial charge on any atom is -0.309 e. The van der Waals surface area contributed by atoms with Crippen molar-refractivity contribution in [2.75, 3.05) is 5.32 Å². The molecule has 0 aliphatic rings. The number of anilines is 2. The molecule has 0 unspecified atom stereocenters. The van der Waals surface area contributed by atoms with Gasteiger partial charge in [0.05, 0.1) is 23.4 Å². The molecule has 0 radical (unpaired) electrons. The SMILES string of the molecule is Cn1nccc1Nc1nccc(-c2ccn3c(CC(C)(C)C#N)nnc3c2)n1. The van der Waals surface area contributed by atoms with E-state index in [1.54, 1.807) is 17.1 Å². The van der Waals surface area contributed by atoms with Crippen LogP contribution in [0.5, 0.6) is 0 Å². The highest BCUT2D eigenvalue weighted by Crippen LogP contribution is 2.23. The number of hydrogen-bond donors (Lipinski definition) is 1. The monoisotopic (exact) mass is 373 g/mol. The van der Waals surface area contributed by atoms with E-state index in [-0.39, 0.29) is 0 Å². The number of aryl methyl sites for hydroxylation is 1. The van der Waals surface area contributed by atoms with Gasteiger partial charge in [-0.2, -0.15) is 10.4 Å². The van der Waals surface area contributed by atoms with Gasteiger partial charge < -0.3 is 5.32 Å². The zero-order valence-electron chi connectivity index (χ0n) is 15.8. The zero-order valence-corrected chi connectivity index (χ0v) is 15.8. The third-order valence-corrected chi connectivity index (χ3v) is 4.40. The number of pyridine rings is 1. The Hall–Kier alpha value is -3.80. The van der Waals surface area contributed by atoms with Gasteiger partial charge in [-0.1, -0.05) is 0 Å². The molecule has 0 bridgehead atoms. The van der Waals surface area contributed by atoms with Crippen molar-refractivity contribution >= 4 is 17.4 Å². The average Bonchev–Trinajstić information content (AvgIpc) is 3.28. The van der Waals surface area contributed by atoms with Crippen LogP contribution in [0.1, 0.15) is 19.7 Å². The third-order valence-electron chi connectivity index (χ3n) is 4.40. The maximum Gasteiger partial charge on any atom is 0.228 e. The fourth-order valence-corrected chi connectivity index (χ4v) is 2.85. The summed E-state index contributed by atoms with van der Waals surface area (Å²) in [4.78, 5) is 8.85. The number of nitrogens with one attached hydrogen (secondary N) is 1. The quantitative estimate of drug-likeness (QED) is 0.573. The van der Waals surface area contributed by atoms with Crippen LogP contribution in [0.25, 0.3) is 16.9 Å². The molecule has 0 aliphatic heterocycles. The average molecular weight is 373 g/mol. The van der Waals surface area contributed by atoms with E-state index in [1.165, 1.54) is 0 Å². The molecule has 0 amide bonds. The van der Waals surface area contributed by atoms with Gasteiger partial charge in [0, 0.05) is 37.5 Å². The predicted octanol–water partition coefficient (Wildman–Crippen LogP) is 2.76. The normalized spacial score (nSPS) is 11.5. The Balaban J connectivity index is 1.64. The van der Waals surface area contributed by atoms with E-state index < -0.39 is 5.41 Å². The topological polar surface area (TPSA) is 110 Å². The van der Waals surface area contributed by atoms with Crippen molar-refractivity contribution < 1.29 is 0 Å². The van der Waals surface area contributed by atoms with E-state index in [2.05, 4.69) is 36.7 Å². The molecular weight excluding hydrogens is 354 g/mol. The second-order valence-corrected chi connectivity index (χ2v) is 7.16. The van der Waals surface area contributed by atoms with E-state index in [0.717, 1.165) is 22.9 Å². The lowest BCUT2D eigenvalue weighted by Crippen LogP contribution is -2.14. The Morgan fingerprint density at radius 2 is 2.04 bits per heavy atom. The van der Waals surface area contributed by atoms with Crippen molar-refractivity contribution in [2.45, 2.75) is 20.3 Å². The number of nitrogens with zero attached hydrogens (tertiary/aromatic N) is 8. The molecule has 0 spiro atoms. The van der Waals surface area contributed by atoms with Crippen molar-refractivity contribution in [2.24, 2.45) is 12.5 Å². The predicted molar refractivity (Wildman–Crippen MR) is 104 cm³/mol. The van der Waals surface area contributed by atoms with Gasteiger partial charge in [0.15, 0.2) is 5.65 Å². The van der Waals surface area contributed by atoms with Gasteiger partial charge in [0.1, 0.15) is 11.6 Å². The molecular formula is C19H19N9. The highest BCUT2D eigenvalue weighted by Gasteiger charge is 2.21. The van der Waals surface area contributed by atoms with E-state index in [0.29, 0.717) is 18.0 Å². The second-order valence-electron chi connectivity index (χ2n) is 7.16. The minimum absolute atomic E-state index is 0.485. The summed E-state index contributed by atoms with van der Waals surface area (Å²) >= 11 is 0. The number of rotatable bonds is 5. The Bertz CT molecular complexity index is 1180. The van der Waals surface area contributed by atoms with Gasteiger partial charge in [-0.25, -0.2) is 9.97 Å². The summed E-state index contributed by atoms with van der Waals surface area (Å²) in [7, 11) is 1.84. The van der Waals surface area contributed by atoms with E-state index in [4.69, 9.17) is 0 Å². The van der Waals surface area contributed by atoms with Crippen molar-refractivity contribution in [3.8, 4) is 17.3 Å². The highest BCUT2D eigenvalue weighted by atomic mass is 15.3. The summed E-state index contributed by atoms with van der Waals surface area (Å²) in [5, 5.41) is 25.0. The summed E-state index contributed by atoms with van der Waals surface area (Å²) in [6, 6.07) is 9.87. The summed E-state index contributed by atoms with van der Waals surface area (Å²) < 4.78 is 3.61. The molecule has 0 fully saturated rings. The number of nitriles is 1. The molecule has 4 rings (SSSR count). The van der Waals surface area contributed by atoms with Crippen LogP contribution >= 0.6 is 0 Å². The molecule has 0 aliphatic carbocycles. The van der Waals surface area contributed by atoms with E-state index in [9.17, 15) is 5.26 Å². The molecule has 0 saturated heterocycles. The zero-order chi connectivity index (χ0) is 19.7. The molecule has 4 aromatic rings. The molecule has 4 heterocycles. The molecule has 140 valence electrons. The van der Waals surface area contributed by atoms with Gasteiger partial charge in [-0.05, 0) is 32.0 Å². The minimum atomic E-state index is -0.499. The first-order chi connectivity index (χ1) is 13.4. The van der Waals surface area contributed by atoms with Crippen LogP contribution in [-0.2, 0) is 13.5 Å². The summed E-state index contributed by atoms with van der Waals surface area (Å²) in [6.45, 7) is 3.78. The summed E-state index contributed by atoms with van der Waals surface area (Å²) in [6.07, 6.45) is 5.84. The van der Waals surface area contributed by atoms with Crippen LogP contribution in [0.15, 0.2) is 42.9 Å². The Morgan fingerprint density at radius 3 is 2.79 bits per heavy atom. The second kappa shape index (κ2) is 6.74. The first-order valence-corrected chi connectivity index (χ1v) is 8.78. The molecule has 0 saturated carbocycles. The Morgan fingerprint density at radius 1 is 1.18 bits per heavy atom. The van der Waals surface area contributed by atoms with E-state index in [1.807, 2.05) is 55.8 Å². The maximum absolute atomic E-state index is 9.26. The van der Waals surface area contributed by atoms with Crippen LogP contribution < -0.4 is 5.32 Å². The highest BCUT2D eigenvalue weighted by molar-refractivity contribution is 5.65. The standard InChI is InChI=1S/C19H19N9/c1-19(2,12-20)11-17-26-25-16-10-13(6-9-28(16)17)14-4-7-21-18(23-14)24-15-5-8-22-27(15)3/h4-10H,11H2,1-3H3,(H,21,23,24). The Labute approximate surface area is 161 Å². The van der Waals surface area contributed by atoms with Crippen LogP contribution in [0.3, 0.4) is 0 Å². The lowest BCUT2D eigenvalue weighted by molar-refractivity contribution is 0.476. The van der Waals surface area contributed by atoms with Gasteiger partial charge >= 0.3 is 0 Å². The van der Waals surface area contributed by atoms with Crippen molar-refractivity contribution in [3.63, 3.8) is 0 Å². The number of aromatic nitrogens is 7. The van der Waals surface area contributed by atoms with Gasteiger partial charge in [-0.3, -0.25) is 9.08 Å². The van der Waals surface area contributed by atoms with Crippen molar-refractivity contribution in [3.05, 3.63) is 48.7 Å². The Kier molecular flexibility index (Phi) is 4.24. The van der Waals surface area contributed by atoms with Gasteiger partial charge in [0.2, 0.25) is 5.95 Å². The maximum atomic E-state index is 9.26. The van der Waals surface area contributed by atoms with Crippen LogP contribution in [0.4, 0.5) is 11.8 Å². The van der Waals surface area contributed by atoms with Crippen LogP contribution in [-0.4, -0.2) is 34.3 Å². The van der Waals surface area contributed by atoms with Gasteiger partial charge in [-0.15, -0.1) is 10.2 Å². The first kappa shape index (κ1) is 17.6. The molecule has 0 aromatic carbocycles. The molecule has 28 heavy (non-hydrogen) atoms. The fourth-order valence-electron chi connectivity index (χ4n) is 2.85. The van der Waals surface area contributed by atoms with Crippen molar-refractivity contribution in [1.82, 2.24) is 34.3 Å². The lowest BCUT2D eigenvalue weighted by Gasteiger charge is -2.13. The lowest BCUT2D eigenvalue weighted by atomic mass is 9.91. The fraction of sp³-hybridized carbons (Fsp3) is 0.263. The van der Waals surface area contributed by atoms with Crippen LogP contribution in [0, 0.1) is 16.7 Å².